The molecule has 0 aliphatic rings. The van der Waals surface area contributed by atoms with Gasteiger partial charge in [0.1, 0.15) is 28.8 Å². The molecule has 0 aliphatic heterocycles. The van der Waals surface area contributed by atoms with Crippen molar-refractivity contribution in [2.24, 2.45) is 0 Å². The maximum absolute atomic E-state index is 13.7. The van der Waals surface area contributed by atoms with Crippen molar-refractivity contribution in [1.82, 2.24) is 24.7 Å². The Morgan fingerprint density at radius 2 is 1.96 bits per heavy atom. The molecule has 9 nitrogen and oxygen atoms in total. The minimum absolute atomic E-state index is 0.0440. The number of hydrogen-bond acceptors (Lipinski definition) is 7. The van der Waals surface area contributed by atoms with E-state index in [0.717, 1.165) is 35.6 Å². The number of nitrogens with one attached hydrogen (secondary N) is 1. The van der Waals surface area contributed by atoms with Crippen LogP contribution in [-0.2, 0) is 10.0 Å². The van der Waals surface area contributed by atoms with Gasteiger partial charge >= 0.3 is 0 Å². The summed E-state index contributed by atoms with van der Waals surface area (Å²) in [6.45, 7) is 2.30. The van der Waals surface area contributed by atoms with Crippen LogP contribution < -0.4 is 9.46 Å². The molecule has 0 fully saturated rings. The van der Waals surface area contributed by atoms with Crippen LogP contribution in [0.3, 0.4) is 0 Å². The fraction of sp³-hybridized carbons (Fsp3) is 0.200. The van der Waals surface area contributed by atoms with Crippen molar-refractivity contribution in [2.75, 3.05) is 11.3 Å². The van der Waals surface area contributed by atoms with E-state index in [9.17, 15) is 17.2 Å². The molecule has 0 bridgehead atoms. The van der Waals surface area contributed by atoms with Crippen molar-refractivity contribution in [3.8, 4) is 11.8 Å². The van der Waals surface area contributed by atoms with Gasteiger partial charge in [-0.05, 0) is 18.6 Å². The lowest BCUT2D eigenvalue weighted by Gasteiger charge is -2.07. The Bertz CT molecular complexity index is 1090. The van der Waals surface area contributed by atoms with Crippen LogP contribution >= 0.6 is 11.6 Å². The first kappa shape index (κ1) is 19.9. The number of nitrogens with zero attached hydrogens (tertiary/aromatic N) is 5. The number of sulfonamides is 1. The third kappa shape index (κ3) is 4.34. The Morgan fingerprint density at radius 3 is 2.64 bits per heavy atom. The number of para-hydroxylation sites is 1. The molecule has 28 heavy (non-hydrogen) atoms. The van der Waals surface area contributed by atoms with E-state index in [0.29, 0.717) is 6.61 Å². The molecule has 0 radical (unpaired) electrons. The summed E-state index contributed by atoms with van der Waals surface area (Å²) in [4.78, 5) is 11.6. The second kappa shape index (κ2) is 8.02. The standard InChI is InChI=1S/C15H13ClF2N6O3S/c1-2-6-27-12-7-11(16)20-14(21-12)24-8-19-15(22-24)28(25,26)23-13-9(17)4-3-5-10(13)18/h3-5,7-8,23H,2,6H2,1H3. The summed E-state index contributed by atoms with van der Waals surface area (Å²) >= 11 is 5.91. The number of benzene rings is 1. The molecule has 0 saturated carbocycles. The zero-order valence-electron chi connectivity index (χ0n) is 14.3. The van der Waals surface area contributed by atoms with E-state index in [1.807, 2.05) is 6.92 Å². The minimum Gasteiger partial charge on any atom is -0.478 e. The predicted molar refractivity (Wildman–Crippen MR) is 94.9 cm³/mol. The average molecular weight is 431 g/mol. The Morgan fingerprint density at radius 1 is 1.25 bits per heavy atom. The Labute approximate surface area is 163 Å². The first-order valence-electron chi connectivity index (χ1n) is 7.86. The molecule has 0 spiro atoms. The van der Waals surface area contributed by atoms with Gasteiger partial charge in [-0.3, -0.25) is 4.72 Å². The number of rotatable bonds is 7. The summed E-state index contributed by atoms with van der Waals surface area (Å²) < 4.78 is 60.2. The third-order valence-electron chi connectivity index (χ3n) is 3.23. The lowest BCUT2D eigenvalue weighted by molar-refractivity contribution is 0.304. The molecule has 2 aromatic heterocycles. The van der Waals surface area contributed by atoms with Crippen molar-refractivity contribution < 1.29 is 21.9 Å². The van der Waals surface area contributed by atoms with E-state index >= 15 is 0 Å². The van der Waals surface area contributed by atoms with Crippen LogP contribution in [0.4, 0.5) is 14.5 Å². The largest absolute Gasteiger partial charge is 0.478 e. The zero-order valence-corrected chi connectivity index (χ0v) is 15.9. The van der Waals surface area contributed by atoms with Gasteiger partial charge in [0, 0.05) is 6.07 Å². The van der Waals surface area contributed by atoms with Crippen molar-refractivity contribution in [1.29, 1.82) is 0 Å². The number of hydrogen-bond donors (Lipinski definition) is 1. The van der Waals surface area contributed by atoms with Crippen molar-refractivity contribution in [3.05, 3.63) is 47.4 Å². The number of aromatic nitrogens is 5. The van der Waals surface area contributed by atoms with Crippen LogP contribution in [0.5, 0.6) is 5.88 Å². The Hall–Kier alpha value is -2.86. The third-order valence-corrected chi connectivity index (χ3v) is 4.56. The first-order chi connectivity index (χ1) is 13.3. The number of ether oxygens (including phenoxy) is 1. The summed E-state index contributed by atoms with van der Waals surface area (Å²) in [7, 11) is -4.47. The van der Waals surface area contributed by atoms with E-state index in [2.05, 4.69) is 20.1 Å². The fourth-order valence-electron chi connectivity index (χ4n) is 2.01. The molecule has 3 aromatic rings. The normalized spacial score (nSPS) is 11.4. The molecule has 0 atom stereocenters. The summed E-state index contributed by atoms with van der Waals surface area (Å²) in [5, 5.41) is 3.04. The minimum atomic E-state index is -4.47. The molecule has 0 saturated heterocycles. The van der Waals surface area contributed by atoms with Gasteiger partial charge in [0.25, 0.3) is 21.1 Å². The van der Waals surface area contributed by atoms with Crippen LogP contribution in [0.1, 0.15) is 13.3 Å². The monoisotopic (exact) mass is 430 g/mol. The van der Waals surface area contributed by atoms with Gasteiger partial charge in [0.15, 0.2) is 0 Å². The highest BCUT2D eigenvalue weighted by atomic mass is 35.5. The van der Waals surface area contributed by atoms with Gasteiger partial charge in [-0.2, -0.15) is 23.1 Å². The van der Waals surface area contributed by atoms with Crippen LogP contribution in [0, 0.1) is 11.6 Å². The van der Waals surface area contributed by atoms with Gasteiger partial charge in [0.05, 0.1) is 6.61 Å². The van der Waals surface area contributed by atoms with Gasteiger partial charge < -0.3 is 4.74 Å². The van der Waals surface area contributed by atoms with E-state index in [1.165, 1.54) is 6.07 Å². The summed E-state index contributed by atoms with van der Waals surface area (Å²) in [6.07, 6.45) is 1.75. The quantitative estimate of drug-likeness (QED) is 0.573. The lowest BCUT2D eigenvalue weighted by atomic mass is 10.3. The molecule has 3 rings (SSSR count). The Balaban J connectivity index is 1.90. The second-order valence-corrected chi connectivity index (χ2v) is 7.31. The number of halogens is 3. The van der Waals surface area contributed by atoms with Crippen LogP contribution in [0.15, 0.2) is 35.7 Å². The molecule has 0 aliphatic carbocycles. The fourth-order valence-corrected chi connectivity index (χ4v) is 3.12. The molecule has 0 unspecified atom stereocenters. The smallest absolute Gasteiger partial charge is 0.299 e. The summed E-state index contributed by atoms with van der Waals surface area (Å²) in [5.74, 6) is -2.09. The van der Waals surface area contributed by atoms with Crippen molar-refractivity contribution in [3.63, 3.8) is 0 Å². The molecule has 0 amide bonds. The SMILES string of the molecule is CCCOc1cc(Cl)nc(-n2cnc(S(=O)(=O)Nc3c(F)cccc3F)n2)n1. The van der Waals surface area contributed by atoms with Crippen molar-refractivity contribution >= 4 is 27.3 Å². The molecule has 1 aromatic carbocycles. The average Bonchev–Trinajstić information content (AvgIpc) is 3.14. The van der Waals surface area contributed by atoms with Gasteiger partial charge in [-0.1, -0.05) is 24.6 Å². The maximum atomic E-state index is 13.7. The second-order valence-electron chi connectivity index (χ2n) is 5.35. The highest BCUT2D eigenvalue weighted by Crippen LogP contribution is 2.21. The van der Waals surface area contributed by atoms with E-state index in [-0.39, 0.29) is 17.0 Å². The Kier molecular flexibility index (Phi) is 5.70. The molecule has 2 heterocycles. The molecule has 13 heteroatoms. The van der Waals surface area contributed by atoms with Gasteiger partial charge in [-0.15, -0.1) is 5.10 Å². The number of anilines is 1. The molecule has 148 valence electrons. The summed E-state index contributed by atoms with van der Waals surface area (Å²) in [6, 6.07) is 4.30. The predicted octanol–water partition coefficient (Wildman–Crippen LogP) is 2.58. The molecular weight excluding hydrogens is 418 g/mol. The van der Waals surface area contributed by atoms with Gasteiger partial charge in [0.2, 0.25) is 5.88 Å². The van der Waals surface area contributed by atoms with Crippen molar-refractivity contribution in [2.45, 2.75) is 18.5 Å². The van der Waals surface area contributed by atoms with Crippen LogP contribution in [-0.4, -0.2) is 39.8 Å². The van der Waals surface area contributed by atoms with Crippen LogP contribution in [0.25, 0.3) is 5.95 Å². The topological polar surface area (TPSA) is 112 Å². The van der Waals surface area contributed by atoms with E-state index < -0.39 is 32.5 Å². The van der Waals surface area contributed by atoms with Crippen LogP contribution in [0.2, 0.25) is 5.15 Å². The maximum Gasteiger partial charge on any atom is 0.299 e. The molecular formula is C15H13ClF2N6O3S. The molecule has 1 N–H and O–H groups in total. The zero-order chi connectivity index (χ0) is 20.3. The van der Waals surface area contributed by atoms with Gasteiger partial charge in [-0.25, -0.2) is 13.8 Å². The highest BCUT2D eigenvalue weighted by Gasteiger charge is 2.24. The lowest BCUT2D eigenvalue weighted by Crippen LogP contribution is -2.17. The van der Waals surface area contributed by atoms with E-state index in [1.54, 1.807) is 4.72 Å². The first-order valence-corrected chi connectivity index (χ1v) is 9.72. The van der Waals surface area contributed by atoms with E-state index in [4.69, 9.17) is 16.3 Å². The highest BCUT2D eigenvalue weighted by molar-refractivity contribution is 7.92. The summed E-state index contributed by atoms with van der Waals surface area (Å²) in [5.41, 5.74) is -0.840.